The topological polar surface area (TPSA) is 73.0 Å². The molecule has 2 aromatic heterocycles. The molecule has 31 heavy (non-hydrogen) atoms. The second kappa shape index (κ2) is 8.42. The molecule has 0 N–H and O–H groups in total. The number of aromatic nitrogens is 4. The average Bonchev–Trinajstić information content (AvgIpc) is 3.56. The fourth-order valence-electron chi connectivity index (χ4n) is 4.87. The van der Waals surface area contributed by atoms with Gasteiger partial charge in [-0.25, -0.2) is 14.5 Å². The van der Waals surface area contributed by atoms with Gasteiger partial charge in [-0.3, -0.25) is 9.36 Å². The summed E-state index contributed by atoms with van der Waals surface area (Å²) in [7, 11) is 1.74. The van der Waals surface area contributed by atoms with Crippen LogP contribution in [0.2, 0.25) is 0 Å². The third-order valence-corrected chi connectivity index (χ3v) is 7.45. The lowest BCUT2D eigenvalue weighted by Gasteiger charge is -2.31. The zero-order valence-corrected chi connectivity index (χ0v) is 18.6. The molecule has 3 aromatic rings. The maximum absolute atomic E-state index is 13.0. The van der Waals surface area contributed by atoms with Crippen molar-refractivity contribution in [1.29, 1.82) is 0 Å². The molecule has 7 nitrogen and oxygen atoms in total. The van der Waals surface area contributed by atoms with Gasteiger partial charge in [-0.2, -0.15) is 5.10 Å². The van der Waals surface area contributed by atoms with Crippen molar-refractivity contribution in [3.63, 3.8) is 0 Å². The first-order valence-corrected chi connectivity index (χ1v) is 12.0. The van der Waals surface area contributed by atoms with Gasteiger partial charge >= 0.3 is 5.69 Å². The van der Waals surface area contributed by atoms with Gasteiger partial charge in [-0.1, -0.05) is 43.2 Å². The molecule has 0 atom stereocenters. The second-order valence-corrected chi connectivity index (χ2v) is 9.40. The molecule has 3 heterocycles. The normalized spacial score (nSPS) is 18.0. The van der Waals surface area contributed by atoms with Gasteiger partial charge in [-0.05, 0) is 25.7 Å². The molecule has 1 amide bonds. The molecule has 162 valence electrons. The number of rotatable bonds is 4. The summed E-state index contributed by atoms with van der Waals surface area (Å²) in [6.07, 6.45) is 6.12. The summed E-state index contributed by atoms with van der Waals surface area (Å²) in [5.41, 5.74) is 1.55. The minimum atomic E-state index is -0.00825. The van der Waals surface area contributed by atoms with Crippen molar-refractivity contribution in [3.8, 4) is 10.6 Å². The third-order valence-electron chi connectivity index (χ3n) is 6.56. The number of hydrogen-bond acceptors (Lipinski definition) is 5. The SMILES string of the molecule is Cn1nc(C2CCN(C(=O)c3csc(-c4ccccc4)n3)CC2)n(C2CCCC2)c1=O. The van der Waals surface area contributed by atoms with E-state index in [1.165, 1.54) is 28.9 Å². The smallest absolute Gasteiger partial charge is 0.337 e. The number of nitrogens with zero attached hydrogens (tertiary/aromatic N) is 5. The number of likely N-dealkylation sites (tertiary alicyclic amines) is 1. The van der Waals surface area contributed by atoms with E-state index in [9.17, 15) is 9.59 Å². The van der Waals surface area contributed by atoms with Crippen LogP contribution in [-0.4, -0.2) is 43.2 Å². The van der Waals surface area contributed by atoms with Gasteiger partial charge in [0.15, 0.2) is 0 Å². The van der Waals surface area contributed by atoms with Crippen LogP contribution in [0.25, 0.3) is 10.6 Å². The Bertz CT molecular complexity index is 1120. The highest BCUT2D eigenvalue weighted by Crippen LogP contribution is 2.34. The van der Waals surface area contributed by atoms with E-state index in [2.05, 4.69) is 10.1 Å². The molecule has 2 fully saturated rings. The van der Waals surface area contributed by atoms with Crippen LogP contribution in [0.15, 0.2) is 40.5 Å². The lowest BCUT2D eigenvalue weighted by Crippen LogP contribution is -2.39. The van der Waals surface area contributed by atoms with Crippen LogP contribution < -0.4 is 5.69 Å². The van der Waals surface area contributed by atoms with E-state index in [4.69, 9.17) is 0 Å². The predicted molar refractivity (Wildman–Crippen MR) is 120 cm³/mol. The first kappa shape index (κ1) is 20.2. The first-order valence-electron chi connectivity index (χ1n) is 11.1. The number of piperidine rings is 1. The fraction of sp³-hybridized carbons (Fsp3) is 0.478. The Kier molecular flexibility index (Phi) is 5.48. The summed E-state index contributed by atoms with van der Waals surface area (Å²) in [6.45, 7) is 1.33. The number of amides is 1. The van der Waals surface area contributed by atoms with Crippen molar-refractivity contribution in [2.75, 3.05) is 13.1 Å². The maximum atomic E-state index is 13.0. The van der Waals surface area contributed by atoms with Crippen LogP contribution in [-0.2, 0) is 7.05 Å². The molecule has 1 saturated heterocycles. The van der Waals surface area contributed by atoms with E-state index in [1.807, 2.05) is 45.2 Å². The Morgan fingerprint density at radius 2 is 1.77 bits per heavy atom. The van der Waals surface area contributed by atoms with E-state index in [0.717, 1.165) is 42.1 Å². The van der Waals surface area contributed by atoms with Crippen molar-refractivity contribution < 1.29 is 4.79 Å². The van der Waals surface area contributed by atoms with Crippen LogP contribution in [0.3, 0.4) is 0 Å². The average molecular weight is 438 g/mol. The van der Waals surface area contributed by atoms with Gasteiger partial charge in [0.25, 0.3) is 5.91 Å². The number of thiazole rings is 1. The van der Waals surface area contributed by atoms with Gasteiger partial charge in [0.05, 0.1) is 0 Å². The molecule has 2 aliphatic rings. The largest absolute Gasteiger partial charge is 0.345 e. The zero-order chi connectivity index (χ0) is 21.4. The van der Waals surface area contributed by atoms with Crippen molar-refractivity contribution in [3.05, 3.63) is 57.7 Å². The van der Waals surface area contributed by atoms with Crippen molar-refractivity contribution in [2.24, 2.45) is 7.05 Å². The van der Waals surface area contributed by atoms with Gasteiger partial charge in [0.2, 0.25) is 0 Å². The first-order chi connectivity index (χ1) is 15.1. The van der Waals surface area contributed by atoms with Crippen molar-refractivity contribution >= 4 is 17.2 Å². The molecule has 0 radical (unpaired) electrons. The van der Waals surface area contributed by atoms with E-state index in [0.29, 0.717) is 18.8 Å². The van der Waals surface area contributed by atoms with Gasteiger partial charge in [0.1, 0.15) is 16.5 Å². The highest BCUT2D eigenvalue weighted by atomic mass is 32.1. The van der Waals surface area contributed by atoms with E-state index in [-0.39, 0.29) is 23.6 Å². The maximum Gasteiger partial charge on any atom is 0.345 e. The summed E-state index contributed by atoms with van der Waals surface area (Å²) < 4.78 is 3.42. The summed E-state index contributed by atoms with van der Waals surface area (Å²) in [4.78, 5) is 32.2. The van der Waals surface area contributed by atoms with Gasteiger partial charge < -0.3 is 4.90 Å². The number of carbonyl (C=O) groups is 1. The third kappa shape index (κ3) is 3.84. The molecule has 0 bridgehead atoms. The number of hydrogen-bond donors (Lipinski definition) is 0. The Labute approximate surface area is 185 Å². The lowest BCUT2D eigenvalue weighted by molar-refractivity contribution is 0.0704. The molecular weight excluding hydrogens is 410 g/mol. The Morgan fingerprint density at radius 1 is 1.06 bits per heavy atom. The minimum absolute atomic E-state index is 0.00341. The molecule has 1 aromatic carbocycles. The fourth-order valence-corrected chi connectivity index (χ4v) is 5.67. The van der Waals surface area contributed by atoms with Crippen LogP contribution in [0.1, 0.15) is 66.8 Å². The van der Waals surface area contributed by atoms with E-state index in [1.54, 1.807) is 7.05 Å². The molecule has 8 heteroatoms. The molecular formula is C23H27N5O2S. The molecule has 1 aliphatic heterocycles. The van der Waals surface area contributed by atoms with Crippen molar-refractivity contribution in [1.82, 2.24) is 24.2 Å². The molecule has 0 unspecified atom stereocenters. The quantitative estimate of drug-likeness (QED) is 0.622. The van der Waals surface area contributed by atoms with Gasteiger partial charge in [0, 0.05) is 43.0 Å². The monoisotopic (exact) mass is 437 g/mol. The number of benzene rings is 1. The molecule has 0 spiro atoms. The summed E-state index contributed by atoms with van der Waals surface area (Å²) in [5, 5.41) is 7.32. The predicted octanol–water partition coefficient (Wildman–Crippen LogP) is 3.84. The molecule has 1 aliphatic carbocycles. The van der Waals surface area contributed by atoms with Crippen LogP contribution >= 0.6 is 11.3 Å². The number of aryl methyl sites for hydroxylation is 1. The Balaban J connectivity index is 1.28. The Hall–Kier alpha value is -2.74. The van der Waals surface area contributed by atoms with E-state index >= 15 is 0 Å². The highest BCUT2D eigenvalue weighted by Gasteiger charge is 2.32. The molecule has 1 saturated carbocycles. The zero-order valence-electron chi connectivity index (χ0n) is 17.7. The van der Waals surface area contributed by atoms with E-state index < -0.39 is 0 Å². The van der Waals surface area contributed by atoms with Crippen LogP contribution in [0.5, 0.6) is 0 Å². The highest BCUT2D eigenvalue weighted by molar-refractivity contribution is 7.13. The summed E-state index contributed by atoms with van der Waals surface area (Å²) in [5.74, 6) is 1.12. The van der Waals surface area contributed by atoms with Gasteiger partial charge in [-0.15, -0.1) is 11.3 Å². The summed E-state index contributed by atoms with van der Waals surface area (Å²) >= 11 is 1.50. The Morgan fingerprint density at radius 3 is 2.48 bits per heavy atom. The standard InChI is InChI=1S/C23H27N5O2S/c1-26-23(30)28(18-9-5-6-10-18)20(25-26)16-11-13-27(14-12-16)22(29)19-15-31-21(24-19)17-7-3-2-4-8-17/h2-4,7-8,15-16,18H,5-6,9-14H2,1H3. The summed E-state index contributed by atoms with van der Waals surface area (Å²) in [6, 6.07) is 10.2. The lowest BCUT2D eigenvalue weighted by atomic mass is 9.95. The van der Waals surface area contributed by atoms with Crippen molar-refractivity contribution in [2.45, 2.75) is 50.5 Å². The van der Waals surface area contributed by atoms with Crippen LogP contribution in [0, 0.1) is 0 Å². The second-order valence-electron chi connectivity index (χ2n) is 8.54. The number of carbonyl (C=O) groups excluding carboxylic acids is 1. The van der Waals surface area contributed by atoms with Crippen LogP contribution in [0.4, 0.5) is 0 Å². The molecule has 5 rings (SSSR count). The minimum Gasteiger partial charge on any atom is -0.337 e.